The number of ether oxygens (including phenoxy) is 2. The summed E-state index contributed by atoms with van der Waals surface area (Å²) in [5.41, 5.74) is 6.10. The number of nitrogens with zero attached hydrogens (tertiary/aromatic N) is 1. The zero-order chi connectivity index (χ0) is 16.6. The molecule has 23 heavy (non-hydrogen) atoms. The van der Waals surface area contributed by atoms with E-state index in [1.54, 1.807) is 20.1 Å². The number of rotatable bonds is 5. The number of carbonyl (C=O) groups excluding carboxylic acids is 1. The van der Waals surface area contributed by atoms with E-state index in [0.29, 0.717) is 41.4 Å². The van der Waals surface area contributed by atoms with Gasteiger partial charge in [-0.15, -0.1) is 0 Å². The predicted octanol–water partition coefficient (Wildman–Crippen LogP) is 2.65. The van der Waals surface area contributed by atoms with Gasteiger partial charge in [0.05, 0.1) is 35.5 Å². The second-order valence-electron chi connectivity index (χ2n) is 5.75. The fraction of sp³-hybridized carbons (Fsp3) is 0.500. The van der Waals surface area contributed by atoms with E-state index in [0.717, 1.165) is 11.1 Å². The minimum Gasteiger partial charge on any atom is -0.497 e. The standard InChI is InChI=1S/C16H20N2O4S/c1-3-22-14(20)16(5-4-6-16)13(19)10-7-9(21-2)8-11-12(10)18-15(17)23-11/h7-8,13,19H,3-6H2,1-2H3,(H2,17,18). The van der Waals surface area contributed by atoms with Gasteiger partial charge in [-0.2, -0.15) is 0 Å². The number of methoxy groups -OCH3 is 1. The molecule has 1 fully saturated rings. The van der Waals surface area contributed by atoms with E-state index >= 15 is 0 Å². The highest BCUT2D eigenvalue weighted by Gasteiger charge is 2.52. The highest BCUT2D eigenvalue weighted by Crippen LogP contribution is 2.52. The summed E-state index contributed by atoms with van der Waals surface area (Å²) in [7, 11) is 1.56. The SMILES string of the molecule is CCOC(=O)C1(C(O)c2cc(OC)cc3sc(N)nc23)CCC1. The monoisotopic (exact) mass is 336 g/mol. The second-order valence-corrected chi connectivity index (χ2v) is 6.81. The molecule has 0 bridgehead atoms. The molecular weight excluding hydrogens is 316 g/mol. The van der Waals surface area contributed by atoms with Crippen LogP contribution in [0.1, 0.15) is 37.9 Å². The van der Waals surface area contributed by atoms with Gasteiger partial charge in [0, 0.05) is 5.56 Å². The first kappa shape index (κ1) is 16.0. The molecule has 0 radical (unpaired) electrons. The molecule has 7 heteroatoms. The average molecular weight is 336 g/mol. The van der Waals surface area contributed by atoms with Crippen LogP contribution >= 0.6 is 11.3 Å². The predicted molar refractivity (Wildman–Crippen MR) is 88.5 cm³/mol. The number of fused-ring (bicyclic) bond motifs is 1. The highest BCUT2D eigenvalue weighted by molar-refractivity contribution is 7.22. The van der Waals surface area contributed by atoms with Gasteiger partial charge in [-0.3, -0.25) is 4.79 Å². The molecule has 1 aliphatic carbocycles. The van der Waals surface area contributed by atoms with Crippen molar-refractivity contribution < 1.29 is 19.4 Å². The quantitative estimate of drug-likeness (QED) is 0.815. The molecule has 1 saturated carbocycles. The zero-order valence-corrected chi connectivity index (χ0v) is 14.0. The summed E-state index contributed by atoms with van der Waals surface area (Å²) in [6.45, 7) is 2.06. The minimum atomic E-state index is -0.991. The normalized spacial score (nSPS) is 17.5. The van der Waals surface area contributed by atoms with Gasteiger partial charge in [0.1, 0.15) is 5.75 Å². The van der Waals surface area contributed by atoms with E-state index in [1.807, 2.05) is 6.07 Å². The van der Waals surface area contributed by atoms with Crippen molar-refractivity contribution >= 4 is 32.7 Å². The van der Waals surface area contributed by atoms with Crippen LogP contribution in [-0.4, -0.2) is 29.8 Å². The lowest BCUT2D eigenvalue weighted by Crippen LogP contribution is -2.44. The van der Waals surface area contributed by atoms with E-state index in [1.165, 1.54) is 11.3 Å². The Morgan fingerprint density at radius 3 is 2.83 bits per heavy atom. The molecule has 0 aliphatic heterocycles. The number of anilines is 1. The Hall–Kier alpha value is -1.86. The van der Waals surface area contributed by atoms with Crippen molar-refractivity contribution in [2.45, 2.75) is 32.3 Å². The number of hydrogen-bond donors (Lipinski definition) is 2. The molecule has 2 aromatic rings. The van der Waals surface area contributed by atoms with Crippen LogP contribution in [0.5, 0.6) is 5.75 Å². The lowest BCUT2D eigenvalue weighted by molar-refractivity contribution is -0.172. The largest absolute Gasteiger partial charge is 0.497 e. The number of thiazole rings is 1. The Balaban J connectivity index is 2.09. The van der Waals surface area contributed by atoms with Crippen molar-refractivity contribution in [1.82, 2.24) is 4.98 Å². The number of nitrogen functional groups attached to an aromatic ring is 1. The molecule has 124 valence electrons. The fourth-order valence-electron chi connectivity index (χ4n) is 3.09. The third-order valence-corrected chi connectivity index (χ3v) is 5.33. The third kappa shape index (κ3) is 2.53. The highest BCUT2D eigenvalue weighted by atomic mass is 32.1. The summed E-state index contributed by atoms with van der Waals surface area (Å²) in [6.07, 6.45) is 1.10. The van der Waals surface area contributed by atoms with Crippen LogP contribution in [0.15, 0.2) is 12.1 Å². The summed E-state index contributed by atoms with van der Waals surface area (Å²) in [4.78, 5) is 16.7. The van der Waals surface area contributed by atoms with Crippen LogP contribution in [0.3, 0.4) is 0 Å². The maximum Gasteiger partial charge on any atom is 0.315 e. The lowest BCUT2D eigenvalue weighted by Gasteiger charge is -2.42. The Kier molecular flexibility index (Phi) is 4.16. The lowest BCUT2D eigenvalue weighted by atomic mass is 9.63. The fourth-order valence-corrected chi connectivity index (χ4v) is 3.89. The first-order valence-electron chi connectivity index (χ1n) is 7.61. The zero-order valence-electron chi connectivity index (χ0n) is 13.2. The summed E-state index contributed by atoms with van der Waals surface area (Å²) < 4.78 is 11.3. The average Bonchev–Trinajstić information content (AvgIpc) is 2.85. The van der Waals surface area contributed by atoms with Gasteiger partial charge in [0.15, 0.2) is 5.13 Å². The van der Waals surface area contributed by atoms with Crippen molar-refractivity contribution in [2.24, 2.45) is 5.41 Å². The molecule has 6 nitrogen and oxygen atoms in total. The first-order chi connectivity index (χ1) is 11.0. The van der Waals surface area contributed by atoms with Gasteiger partial charge in [-0.1, -0.05) is 17.8 Å². The van der Waals surface area contributed by atoms with E-state index in [-0.39, 0.29) is 5.97 Å². The van der Waals surface area contributed by atoms with Crippen molar-refractivity contribution in [2.75, 3.05) is 19.5 Å². The Morgan fingerprint density at radius 2 is 2.26 bits per heavy atom. The maximum atomic E-state index is 12.4. The number of aliphatic hydroxyl groups is 1. The second kappa shape index (κ2) is 5.98. The first-order valence-corrected chi connectivity index (χ1v) is 8.42. The number of hydrogen-bond acceptors (Lipinski definition) is 7. The molecule has 0 saturated heterocycles. The molecule has 3 N–H and O–H groups in total. The molecular formula is C16H20N2O4S. The number of aliphatic hydroxyl groups excluding tert-OH is 1. The van der Waals surface area contributed by atoms with Gasteiger partial charge in [0.2, 0.25) is 0 Å². The Morgan fingerprint density at radius 1 is 1.52 bits per heavy atom. The van der Waals surface area contributed by atoms with Crippen LogP contribution in [0.2, 0.25) is 0 Å². The van der Waals surface area contributed by atoms with Crippen LogP contribution in [0.4, 0.5) is 5.13 Å². The van der Waals surface area contributed by atoms with Gasteiger partial charge in [-0.25, -0.2) is 4.98 Å². The minimum absolute atomic E-state index is 0.296. The summed E-state index contributed by atoms with van der Waals surface area (Å²) in [5, 5.41) is 11.4. The smallest absolute Gasteiger partial charge is 0.315 e. The number of benzene rings is 1. The molecule has 1 aliphatic rings. The Labute approximate surface area is 138 Å². The topological polar surface area (TPSA) is 94.7 Å². The number of nitrogens with two attached hydrogens (primary N) is 1. The van der Waals surface area contributed by atoms with Crippen molar-refractivity contribution in [1.29, 1.82) is 0 Å². The molecule has 0 spiro atoms. The van der Waals surface area contributed by atoms with E-state index in [9.17, 15) is 9.90 Å². The molecule has 1 atom stereocenters. The van der Waals surface area contributed by atoms with Crippen molar-refractivity contribution in [3.05, 3.63) is 17.7 Å². The van der Waals surface area contributed by atoms with Crippen LogP contribution < -0.4 is 10.5 Å². The molecule has 1 aromatic carbocycles. The van der Waals surface area contributed by atoms with Crippen molar-refractivity contribution in [3.8, 4) is 5.75 Å². The maximum absolute atomic E-state index is 12.4. The van der Waals surface area contributed by atoms with E-state index in [2.05, 4.69) is 4.98 Å². The summed E-state index contributed by atoms with van der Waals surface area (Å²) in [6, 6.07) is 3.56. The molecule has 3 rings (SSSR count). The molecule has 1 heterocycles. The number of esters is 1. The van der Waals surface area contributed by atoms with Crippen LogP contribution in [-0.2, 0) is 9.53 Å². The summed E-state index contributed by atoms with van der Waals surface area (Å²) in [5.74, 6) is 0.256. The third-order valence-electron chi connectivity index (χ3n) is 4.50. The van der Waals surface area contributed by atoms with Gasteiger partial charge in [0.25, 0.3) is 0 Å². The molecule has 1 aromatic heterocycles. The Bertz CT molecular complexity index is 739. The molecule has 0 amide bonds. The van der Waals surface area contributed by atoms with Crippen LogP contribution in [0.25, 0.3) is 10.2 Å². The number of aromatic nitrogens is 1. The van der Waals surface area contributed by atoms with Gasteiger partial charge < -0.3 is 20.3 Å². The number of carbonyl (C=O) groups is 1. The summed E-state index contributed by atoms with van der Waals surface area (Å²) >= 11 is 1.33. The van der Waals surface area contributed by atoms with Gasteiger partial charge >= 0.3 is 5.97 Å². The van der Waals surface area contributed by atoms with E-state index < -0.39 is 11.5 Å². The van der Waals surface area contributed by atoms with Crippen LogP contribution in [0, 0.1) is 5.41 Å². The van der Waals surface area contributed by atoms with E-state index in [4.69, 9.17) is 15.2 Å². The molecule has 1 unspecified atom stereocenters. The van der Waals surface area contributed by atoms with Gasteiger partial charge in [-0.05, 0) is 31.9 Å². The van der Waals surface area contributed by atoms with Crippen molar-refractivity contribution in [3.63, 3.8) is 0 Å².